The Hall–Kier alpha value is -3.98. The van der Waals surface area contributed by atoms with Gasteiger partial charge in [0.2, 0.25) is 5.28 Å². The van der Waals surface area contributed by atoms with Crippen LogP contribution >= 0.6 is 11.6 Å². The molecule has 0 saturated heterocycles. The van der Waals surface area contributed by atoms with Crippen LogP contribution in [0.3, 0.4) is 0 Å². The van der Waals surface area contributed by atoms with Crippen LogP contribution in [0.15, 0.2) is 48.9 Å². The molecule has 4 aromatic rings. The molecule has 5 N–H and O–H groups in total. The summed E-state index contributed by atoms with van der Waals surface area (Å²) in [5.41, 5.74) is 10.9. The molecule has 0 amide bonds. The second kappa shape index (κ2) is 8.27. The minimum Gasteiger partial charge on any atom is -0.398 e. The number of hydrogen-bond acceptors (Lipinski definition) is 8. The van der Waals surface area contributed by atoms with Gasteiger partial charge in [-0.3, -0.25) is 0 Å². The number of nitrogens with two attached hydrogens (primary N) is 1. The first-order valence-electron chi connectivity index (χ1n) is 10.0. The molecule has 1 aliphatic heterocycles. The van der Waals surface area contributed by atoms with E-state index in [-0.39, 0.29) is 5.28 Å². The van der Waals surface area contributed by atoms with Gasteiger partial charge in [-0.25, -0.2) is 19.9 Å². The van der Waals surface area contributed by atoms with Crippen LogP contribution in [-0.4, -0.2) is 44.2 Å². The van der Waals surface area contributed by atoms with E-state index in [9.17, 15) is 0 Å². The minimum absolute atomic E-state index is 0.250. The number of halogens is 1. The number of aromatic nitrogens is 5. The van der Waals surface area contributed by atoms with E-state index < -0.39 is 0 Å². The van der Waals surface area contributed by atoms with Gasteiger partial charge in [0, 0.05) is 48.1 Å². The summed E-state index contributed by atoms with van der Waals surface area (Å²) in [4.78, 5) is 22.6. The van der Waals surface area contributed by atoms with E-state index in [0.29, 0.717) is 17.1 Å². The summed E-state index contributed by atoms with van der Waals surface area (Å²) in [5, 5.41) is 12.0. The van der Waals surface area contributed by atoms with Crippen LogP contribution in [-0.2, 0) is 0 Å². The molecule has 1 aliphatic rings. The summed E-state index contributed by atoms with van der Waals surface area (Å²) >= 11 is 5.93. The number of nitrogens with one attached hydrogen (secondary N) is 3. The van der Waals surface area contributed by atoms with E-state index in [2.05, 4.69) is 47.3 Å². The number of rotatable bonds is 5. The van der Waals surface area contributed by atoms with Crippen molar-refractivity contribution in [3.63, 3.8) is 0 Å². The highest BCUT2D eigenvalue weighted by molar-refractivity contribution is 6.28. The molecule has 0 aliphatic carbocycles. The van der Waals surface area contributed by atoms with Crippen LogP contribution in [0, 0.1) is 5.41 Å². The normalized spacial score (nSPS) is 13.8. The van der Waals surface area contributed by atoms with Crippen molar-refractivity contribution in [2.24, 2.45) is 0 Å². The molecule has 10 heteroatoms. The maximum atomic E-state index is 7.50. The predicted molar refractivity (Wildman–Crippen MR) is 128 cm³/mol. The molecular formula is C22H20ClN9. The average Bonchev–Trinajstić information content (AvgIpc) is 3.26. The smallest absolute Gasteiger partial charge is 0.224 e. The lowest BCUT2D eigenvalue weighted by Crippen LogP contribution is -2.29. The number of fused-ring (bicyclic) bond motifs is 1. The van der Waals surface area contributed by atoms with Gasteiger partial charge in [-0.15, -0.1) is 0 Å². The highest BCUT2D eigenvalue weighted by Gasteiger charge is 2.17. The van der Waals surface area contributed by atoms with E-state index in [1.54, 1.807) is 12.3 Å². The maximum Gasteiger partial charge on any atom is 0.224 e. The first-order chi connectivity index (χ1) is 15.6. The fourth-order valence-electron chi connectivity index (χ4n) is 3.75. The quantitative estimate of drug-likeness (QED) is 0.207. The van der Waals surface area contributed by atoms with Crippen LogP contribution < -0.4 is 16.0 Å². The molecule has 1 aromatic carbocycles. The van der Waals surface area contributed by atoms with Crippen LogP contribution in [0.4, 0.5) is 23.0 Å². The van der Waals surface area contributed by atoms with Crippen molar-refractivity contribution in [3.8, 4) is 0 Å². The Kier molecular flexibility index (Phi) is 5.16. The Balaban J connectivity index is 1.40. The third-order valence-electron chi connectivity index (χ3n) is 5.42. The number of nitrogens with zero attached hydrogens (tertiary/aromatic N) is 5. The minimum atomic E-state index is 0.250. The standard InChI is InChI=1S/C22H20ClN9/c23-22-26-6-3-19(31-22)32-7-4-13(5-8-32)18-10-16-20(27-12-28-21(16)30-18)29-15-1-2-17(25)14(9-15)11-24/h1-4,6,9-12,24H,5,7-8,25H2,(H2,27,28,29,30). The van der Waals surface area contributed by atoms with Crippen LogP contribution in [0.5, 0.6) is 0 Å². The number of nitrogen functional groups attached to an aromatic ring is 1. The second-order valence-electron chi connectivity index (χ2n) is 7.39. The Morgan fingerprint density at radius 1 is 1.19 bits per heavy atom. The molecule has 0 radical (unpaired) electrons. The van der Waals surface area contributed by atoms with Crippen LogP contribution in [0.2, 0.25) is 5.28 Å². The zero-order valence-corrected chi connectivity index (χ0v) is 17.8. The highest BCUT2D eigenvalue weighted by atomic mass is 35.5. The zero-order chi connectivity index (χ0) is 22.1. The second-order valence-corrected chi connectivity index (χ2v) is 7.73. The molecule has 3 aromatic heterocycles. The third-order valence-corrected chi connectivity index (χ3v) is 5.60. The van der Waals surface area contributed by atoms with Crippen molar-refractivity contribution in [3.05, 3.63) is 65.5 Å². The number of hydrogen-bond donors (Lipinski definition) is 4. The number of benzene rings is 1. The summed E-state index contributed by atoms with van der Waals surface area (Å²) in [6.07, 6.45) is 7.46. The van der Waals surface area contributed by atoms with Crippen molar-refractivity contribution in [2.75, 3.05) is 29.0 Å². The molecular weight excluding hydrogens is 426 g/mol. The van der Waals surface area contributed by atoms with Crippen molar-refractivity contribution >= 4 is 57.4 Å². The molecule has 0 bridgehead atoms. The summed E-state index contributed by atoms with van der Waals surface area (Å²) < 4.78 is 0. The zero-order valence-electron chi connectivity index (χ0n) is 17.0. The molecule has 0 fully saturated rings. The molecule has 5 rings (SSSR count). The van der Waals surface area contributed by atoms with Crippen molar-refractivity contribution < 1.29 is 0 Å². The molecule has 0 spiro atoms. The van der Waals surface area contributed by atoms with Crippen LogP contribution in [0.1, 0.15) is 17.7 Å². The van der Waals surface area contributed by atoms with Crippen LogP contribution in [0.25, 0.3) is 16.6 Å². The maximum absolute atomic E-state index is 7.50. The Morgan fingerprint density at radius 2 is 2.09 bits per heavy atom. The van der Waals surface area contributed by atoms with Crippen molar-refractivity contribution in [2.45, 2.75) is 6.42 Å². The Morgan fingerprint density at radius 3 is 2.88 bits per heavy atom. The van der Waals surface area contributed by atoms with Gasteiger partial charge in [0.15, 0.2) is 0 Å². The Labute approximate surface area is 188 Å². The van der Waals surface area contributed by atoms with Gasteiger partial charge in [-0.1, -0.05) is 6.08 Å². The third kappa shape index (κ3) is 3.85. The molecule has 4 heterocycles. The lowest BCUT2D eigenvalue weighted by molar-refractivity contribution is 0.811. The summed E-state index contributed by atoms with van der Waals surface area (Å²) in [5.74, 6) is 1.51. The first-order valence-corrected chi connectivity index (χ1v) is 10.4. The summed E-state index contributed by atoms with van der Waals surface area (Å²) in [7, 11) is 0. The first kappa shape index (κ1) is 20.0. The molecule has 9 nitrogen and oxygen atoms in total. The van der Waals surface area contributed by atoms with E-state index in [0.717, 1.165) is 47.7 Å². The molecule has 0 saturated carbocycles. The van der Waals surface area contributed by atoms with Crippen molar-refractivity contribution in [1.82, 2.24) is 24.9 Å². The van der Waals surface area contributed by atoms with Gasteiger partial charge >= 0.3 is 0 Å². The Bertz CT molecular complexity index is 1340. The van der Waals surface area contributed by atoms with Gasteiger partial charge in [0.25, 0.3) is 0 Å². The highest BCUT2D eigenvalue weighted by Crippen LogP contribution is 2.30. The molecule has 32 heavy (non-hydrogen) atoms. The van der Waals surface area contributed by atoms with Gasteiger partial charge in [-0.2, -0.15) is 0 Å². The fourth-order valence-corrected chi connectivity index (χ4v) is 3.89. The van der Waals surface area contributed by atoms with Gasteiger partial charge in [0.05, 0.1) is 5.39 Å². The topological polar surface area (TPSA) is 132 Å². The summed E-state index contributed by atoms with van der Waals surface area (Å²) in [6, 6.07) is 9.38. The lowest BCUT2D eigenvalue weighted by atomic mass is 10.0. The SMILES string of the molecule is N=Cc1cc(Nc2ncnc3[nH]c(C4=CCN(c5ccnc(Cl)n5)CC4)cc23)ccc1N. The monoisotopic (exact) mass is 445 g/mol. The van der Waals surface area contributed by atoms with E-state index >= 15 is 0 Å². The molecule has 160 valence electrons. The largest absolute Gasteiger partial charge is 0.398 e. The molecule has 0 unspecified atom stereocenters. The summed E-state index contributed by atoms with van der Waals surface area (Å²) in [6.45, 7) is 1.55. The lowest BCUT2D eigenvalue weighted by Gasteiger charge is -2.27. The number of aromatic amines is 1. The van der Waals surface area contributed by atoms with E-state index in [4.69, 9.17) is 22.7 Å². The van der Waals surface area contributed by atoms with Gasteiger partial charge in [-0.05, 0) is 53.9 Å². The van der Waals surface area contributed by atoms with E-state index in [1.807, 2.05) is 18.2 Å². The number of H-pyrrole nitrogens is 1. The molecule has 0 atom stereocenters. The fraction of sp³-hybridized carbons (Fsp3) is 0.136. The average molecular weight is 446 g/mol. The predicted octanol–water partition coefficient (Wildman–Crippen LogP) is 4.02. The number of anilines is 4. The van der Waals surface area contributed by atoms with Gasteiger partial charge in [0.1, 0.15) is 23.6 Å². The van der Waals surface area contributed by atoms with Crippen molar-refractivity contribution in [1.29, 1.82) is 5.41 Å². The van der Waals surface area contributed by atoms with E-state index in [1.165, 1.54) is 18.1 Å². The van der Waals surface area contributed by atoms with Gasteiger partial charge < -0.3 is 26.3 Å².